The molecule has 0 aliphatic carbocycles. The number of hydrogen-bond donors (Lipinski definition) is 0. The maximum atomic E-state index is 6.22. The van der Waals surface area contributed by atoms with Gasteiger partial charge in [0.1, 0.15) is 11.0 Å². The fourth-order valence-corrected chi connectivity index (χ4v) is 4.78. The zero-order valence-electron chi connectivity index (χ0n) is 19.8. The Morgan fingerprint density at radius 3 is 1.63 bits per heavy atom. The van der Waals surface area contributed by atoms with E-state index < -0.39 is 0 Å². The van der Waals surface area contributed by atoms with Crippen LogP contribution in [0.4, 0.5) is 17.1 Å². The summed E-state index contributed by atoms with van der Waals surface area (Å²) in [6.45, 7) is 0. The molecule has 0 saturated carbocycles. The molecule has 8 nitrogen and oxygen atoms in total. The van der Waals surface area contributed by atoms with Crippen LogP contribution in [0.15, 0.2) is 112 Å². The molecule has 4 aromatic heterocycles. The summed E-state index contributed by atoms with van der Waals surface area (Å²) in [5.41, 5.74) is 6.95. The van der Waals surface area contributed by atoms with Crippen molar-refractivity contribution in [3.63, 3.8) is 0 Å². The van der Waals surface area contributed by atoms with Crippen molar-refractivity contribution in [2.24, 2.45) is 0 Å². The second-order valence-corrected chi connectivity index (χ2v) is 8.87. The smallest absolute Gasteiger partial charge is 0.227 e. The lowest BCUT2D eigenvalue weighted by molar-refractivity contribution is 0.477. The number of hydrogen-bond acceptors (Lipinski definition) is 8. The van der Waals surface area contributed by atoms with E-state index in [0.717, 1.165) is 50.7 Å². The van der Waals surface area contributed by atoms with Crippen LogP contribution in [0, 0.1) is 0 Å². The molecule has 0 bridgehead atoms. The standard InChI is InChI=1S/C30H17N5O3/c1-3-7-25-23(5-1)35(24-6-2-4-8-26(24)36-25)20-14-18(29-33-21-9-11-31-16-27(21)37-29)13-19(15-20)30-34-22-10-12-32-17-28(22)38-30/h1-17H. The van der Waals surface area contributed by atoms with Gasteiger partial charge in [0.15, 0.2) is 22.7 Å². The fraction of sp³-hybridized carbons (Fsp3) is 0. The summed E-state index contributed by atoms with van der Waals surface area (Å²) in [4.78, 5) is 19.9. The van der Waals surface area contributed by atoms with Crippen LogP contribution in [0.1, 0.15) is 0 Å². The van der Waals surface area contributed by atoms with Crippen molar-refractivity contribution >= 4 is 39.3 Å². The maximum absolute atomic E-state index is 6.22. The molecule has 0 atom stereocenters. The molecule has 7 aromatic rings. The topological polar surface area (TPSA) is 90.3 Å². The highest BCUT2D eigenvalue weighted by molar-refractivity contribution is 5.89. The Morgan fingerprint density at radius 2 is 1.11 bits per heavy atom. The highest BCUT2D eigenvalue weighted by Crippen LogP contribution is 2.51. The zero-order valence-corrected chi connectivity index (χ0v) is 19.8. The van der Waals surface area contributed by atoms with Crippen molar-refractivity contribution in [2.45, 2.75) is 0 Å². The van der Waals surface area contributed by atoms with Crippen LogP contribution < -0.4 is 9.64 Å². The van der Waals surface area contributed by atoms with Crippen LogP contribution in [-0.2, 0) is 0 Å². The van der Waals surface area contributed by atoms with E-state index in [4.69, 9.17) is 23.5 Å². The molecule has 5 heterocycles. The molecule has 1 aliphatic heterocycles. The van der Waals surface area contributed by atoms with E-state index in [1.54, 1.807) is 24.8 Å². The van der Waals surface area contributed by atoms with Gasteiger partial charge in [0.05, 0.1) is 23.8 Å². The number of nitrogens with zero attached hydrogens (tertiary/aromatic N) is 5. The second kappa shape index (κ2) is 8.01. The van der Waals surface area contributed by atoms with Crippen LogP contribution in [0.25, 0.3) is 45.1 Å². The van der Waals surface area contributed by atoms with Gasteiger partial charge in [-0.1, -0.05) is 24.3 Å². The number of pyridine rings is 2. The number of ether oxygens (including phenoxy) is 1. The predicted octanol–water partition coefficient (Wildman–Crippen LogP) is 7.67. The van der Waals surface area contributed by atoms with Gasteiger partial charge in [0, 0.05) is 29.2 Å². The van der Waals surface area contributed by atoms with E-state index in [9.17, 15) is 0 Å². The molecule has 0 amide bonds. The molecule has 8 rings (SSSR count). The minimum Gasteiger partial charge on any atom is -0.453 e. The molecule has 180 valence electrons. The van der Waals surface area contributed by atoms with Crippen molar-refractivity contribution in [3.05, 3.63) is 104 Å². The number of aromatic nitrogens is 4. The number of rotatable bonds is 3. The molecule has 3 aromatic carbocycles. The first-order valence-electron chi connectivity index (χ1n) is 12.0. The van der Waals surface area contributed by atoms with Crippen LogP contribution in [-0.4, -0.2) is 19.9 Å². The number of oxazole rings is 2. The quantitative estimate of drug-likeness (QED) is 0.247. The molecule has 1 aliphatic rings. The second-order valence-electron chi connectivity index (χ2n) is 8.87. The van der Waals surface area contributed by atoms with Crippen molar-refractivity contribution in [2.75, 3.05) is 4.90 Å². The van der Waals surface area contributed by atoms with Gasteiger partial charge in [-0.05, 0) is 54.6 Å². The molecule has 0 unspecified atom stereocenters. The Balaban J connectivity index is 1.39. The Hall–Kier alpha value is -5.50. The molecule has 0 saturated heterocycles. The Bertz CT molecular complexity index is 1790. The SMILES string of the molecule is c1ccc2c(c1)Oc1ccccc1N2c1cc(-c2nc3ccncc3o2)cc(-c2nc3ccncc3o2)c1. The van der Waals surface area contributed by atoms with Crippen LogP contribution in [0.3, 0.4) is 0 Å². The summed E-state index contributed by atoms with van der Waals surface area (Å²) >= 11 is 0. The van der Waals surface area contributed by atoms with Crippen molar-refractivity contribution in [1.29, 1.82) is 0 Å². The van der Waals surface area contributed by atoms with Crippen LogP contribution in [0.5, 0.6) is 11.5 Å². The van der Waals surface area contributed by atoms with Gasteiger partial charge in [-0.25, -0.2) is 9.97 Å². The Morgan fingerprint density at radius 1 is 0.579 bits per heavy atom. The summed E-state index contributed by atoms with van der Waals surface area (Å²) in [7, 11) is 0. The number of para-hydroxylation sites is 4. The van der Waals surface area contributed by atoms with Gasteiger partial charge < -0.3 is 18.5 Å². The van der Waals surface area contributed by atoms with Crippen LogP contribution in [0.2, 0.25) is 0 Å². The molecule has 0 radical (unpaired) electrons. The lowest BCUT2D eigenvalue weighted by Gasteiger charge is -2.33. The average Bonchev–Trinajstić information content (AvgIpc) is 3.60. The Labute approximate surface area is 215 Å². The monoisotopic (exact) mass is 495 g/mol. The van der Waals surface area contributed by atoms with Crippen molar-refractivity contribution in [3.8, 4) is 34.4 Å². The minimum absolute atomic E-state index is 0.476. The first-order chi connectivity index (χ1) is 18.8. The van der Waals surface area contributed by atoms with Gasteiger partial charge in [0.25, 0.3) is 0 Å². The van der Waals surface area contributed by atoms with E-state index >= 15 is 0 Å². The first kappa shape index (κ1) is 20.7. The molecule has 0 N–H and O–H groups in total. The van der Waals surface area contributed by atoms with E-state index in [0.29, 0.717) is 22.9 Å². The third-order valence-corrected chi connectivity index (χ3v) is 6.48. The first-order valence-corrected chi connectivity index (χ1v) is 12.0. The number of anilines is 3. The summed E-state index contributed by atoms with van der Waals surface area (Å²) in [6.07, 6.45) is 6.73. The van der Waals surface area contributed by atoms with Crippen LogP contribution >= 0.6 is 0 Å². The molecular weight excluding hydrogens is 478 g/mol. The molecule has 0 spiro atoms. The third-order valence-electron chi connectivity index (χ3n) is 6.48. The Kier molecular flexibility index (Phi) is 4.35. The van der Waals surface area contributed by atoms with Crippen molar-refractivity contribution in [1.82, 2.24) is 19.9 Å². The van der Waals surface area contributed by atoms with Gasteiger partial charge in [0.2, 0.25) is 11.8 Å². The lowest BCUT2D eigenvalue weighted by Crippen LogP contribution is -2.15. The van der Waals surface area contributed by atoms with Gasteiger partial charge in [-0.3, -0.25) is 9.97 Å². The average molecular weight is 495 g/mol. The minimum atomic E-state index is 0.476. The predicted molar refractivity (Wildman–Crippen MR) is 143 cm³/mol. The van der Waals surface area contributed by atoms with Gasteiger partial charge >= 0.3 is 0 Å². The van der Waals surface area contributed by atoms with E-state index in [1.165, 1.54) is 0 Å². The molecule has 8 heteroatoms. The number of fused-ring (bicyclic) bond motifs is 4. The number of benzene rings is 3. The summed E-state index contributed by atoms with van der Waals surface area (Å²) < 4.78 is 18.4. The lowest BCUT2D eigenvalue weighted by atomic mass is 10.1. The van der Waals surface area contributed by atoms with E-state index in [-0.39, 0.29) is 0 Å². The normalized spacial score (nSPS) is 12.4. The van der Waals surface area contributed by atoms with Gasteiger partial charge in [-0.15, -0.1) is 0 Å². The van der Waals surface area contributed by atoms with Crippen molar-refractivity contribution < 1.29 is 13.6 Å². The molecule has 0 fully saturated rings. The van der Waals surface area contributed by atoms with E-state index in [1.807, 2.05) is 78.9 Å². The largest absolute Gasteiger partial charge is 0.453 e. The molecular formula is C30H17N5O3. The zero-order chi connectivity index (χ0) is 25.1. The van der Waals surface area contributed by atoms with Gasteiger partial charge in [-0.2, -0.15) is 0 Å². The third kappa shape index (κ3) is 3.24. The highest BCUT2D eigenvalue weighted by Gasteiger charge is 2.27. The summed E-state index contributed by atoms with van der Waals surface area (Å²) in [5.74, 6) is 2.48. The van der Waals surface area contributed by atoms with E-state index in [2.05, 4.69) is 14.9 Å². The fourth-order valence-electron chi connectivity index (χ4n) is 4.78. The summed E-state index contributed by atoms with van der Waals surface area (Å²) in [6, 6.07) is 25.6. The highest BCUT2D eigenvalue weighted by atomic mass is 16.5. The summed E-state index contributed by atoms with van der Waals surface area (Å²) in [5, 5.41) is 0. The molecule has 38 heavy (non-hydrogen) atoms. The maximum Gasteiger partial charge on any atom is 0.227 e.